The molecule has 0 aliphatic heterocycles. The molecule has 0 radical (unpaired) electrons. The van der Waals surface area contributed by atoms with Gasteiger partial charge in [0.05, 0.1) is 13.2 Å². The van der Waals surface area contributed by atoms with Crippen LogP contribution < -0.4 is 0 Å². The third kappa shape index (κ3) is 75.4. The molecule has 0 atom stereocenters. The lowest BCUT2D eigenvalue weighted by Gasteiger charge is -1.82. The molecular formula is C20H26N4O6. The molecule has 0 aromatic heterocycles. The van der Waals surface area contributed by atoms with Crippen LogP contribution in [0.5, 0.6) is 0 Å². The minimum atomic E-state index is -0.125. The van der Waals surface area contributed by atoms with Crippen molar-refractivity contribution >= 4 is 24.3 Å². The highest BCUT2D eigenvalue weighted by atomic mass is 16.3. The number of benzene rings is 2. The molecule has 0 aliphatic rings. The summed E-state index contributed by atoms with van der Waals surface area (Å²) in [6.07, 6.45) is 3.00. The second kappa shape index (κ2) is 44.4. The van der Waals surface area contributed by atoms with E-state index in [0.29, 0.717) is 0 Å². The first-order valence-electron chi connectivity index (χ1n) is 7.77. The number of aliphatic hydroxyl groups excluding tert-OH is 2. The standard InChI is InChI=1S/2C7H8.C2H6O2.4CHNO/c2*1-7-5-3-2-4-6-7;3-1-2-4;4*2-1-3/h2*2-6H,1H3;3-4H,1-2H2;4*2H. The van der Waals surface area contributed by atoms with Gasteiger partial charge in [0.25, 0.3) is 0 Å². The van der Waals surface area contributed by atoms with Gasteiger partial charge in [-0.3, -0.25) is 0 Å². The molecule has 0 unspecified atom stereocenters. The molecule has 2 rings (SSSR count). The van der Waals surface area contributed by atoms with Crippen molar-refractivity contribution in [1.82, 2.24) is 0 Å². The van der Waals surface area contributed by atoms with Crippen LogP contribution in [0.4, 0.5) is 0 Å². The van der Waals surface area contributed by atoms with E-state index < -0.39 is 0 Å². The van der Waals surface area contributed by atoms with E-state index in [0.717, 1.165) is 24.3 Å². The van der Waals surface area contributed by atoms with Gasteiger partial charge in [0.15, 0.2) is 0 Å². The zero-order valence-corrected chi connectivity index (χ0v) is 16.7. The number of isocyanates is 4. The van der Waals surface area contributed by atoms with Crippen molar-refractivity contribution in [2.75, 3.05) is 13.2 Å². The fraction of sp³-hybridized carbons (Fsp3) is 0.200. The first-order chi connectivity index (χ1) is 14.4. The molecule has 0 saturated heterocycles. The van der Waals surface area contributed by atoms with Crippen molar-refractivity contribution < 1.29 is 29.4 Å². The highest BCUT2D eigenvalue weighted by Crippen LogP contribution is 1.92. The molecule has 0 bridgehead atoms. The van der Waals surface area contributed by atoms with Crippen molar-refractivity contribution in [2.24, 2.45) is 0 Å². The quantitative estimate of drug-likeness (QED) is 0.303. The largest absolute Gasteiger partial charge is 0.394 e. The van der Waals surface area contributed by atoms with Gasteiger partial charge < -0.3 is 10.2 Å². The summed E-state index contributed by atoms with van der Waals surface area (Å²) >= 11 is 0. The SMILES string of the molecule is Cc1ccccc1.Cc1ccccc1.N=C=O.N=C=O.N=C=O.N=C=O.OCCO. The van der Waals surface area contributed by atoms with Crippen LogP contribution in [0.15, 0.2) is 60.7 Å². The average molecular weight is 418 g/mol. The highest BCUT2D eigenvalue weighted by molar-refractivity contribution is 5.27. The maximum atomic E-state index is 8.35. The normalized spacial score (nSPS) is 6.13. The first-order valence-corrected chi connectivity index (χ1v) is 7.77. The third-order valence-corrected chi connectivity index (χ3v) is 1.98. The fourth-order valence-electron chi connectivity index (χ4n) is 1.07. The summed E-state index contributed by atoms with van der Waals surface area (Å²) in [6.45, 7) is 3.92. The second-order valence-electron chi connectivity index (χ2n) is 4.16. The topological polar surface area (TPSA) is 204 Å². The van der Waals surface area contributed by atoms with Gasteiger partial charge in [0, 0.05) is 0 Å². The van der Waals surface area contributed by atoms with Gasteiger partial charge in [-0.05, 0) is 13.8 Å². The molecule has 30 heavy (non-hydrogen) atoms. The van der Waals surface area contributed by atoms with Gasteiger partial charge in [-0.1, -0.05) is 71.8 Å². The van der Waals surface area contributed by atoms with Crippen molar-refractivity contribution in [3.63, 3.8) is 0 Å². The molecule has 0 saturated carbocycles. The Morgan fingerprint density at radius 1 is 0.567 bits per heavy atom. The monoisotopic (exact) mass is 418 g/mol. The molecule has 0 fully saturated rings. The summed E-state index contributed by atoms with van der Waals surface area (Å²) in [4.78, 5) is 33.4. The number of aryl methyl sites for hydroxylation is 2. The van der Waals surface area contributed by atoms with Gasteiger partial charge in [0.2, 0.25) is 24.3 Å². The summed E-state index contributed by atoms with van der Waals surface area (Å²) in [5, 5.41) is 36.9. The molecule has 2 aromatic rings. The zero-order chi connectivity index (χ0) is 24.5. The lowest BCUT2D eigenvalue weighted by molar-refractivity contribution is 0.186. The van der Waals surface area contributed by atoms with E-state index in [1.807, 2.05) is 36.4 Å². The van der Waals surface area contributed by atoms with E-state index in [2.05, 4.69) is 38.1 Å². The Hall–Kier alpha value is -4.12. The van der Waals surface area contributed by atoms with E-state index in [4.69, 9.17) is 51.0 Å². The van der Waals surface area contributed by atoms with E-state index in [9.17, 15) is 0 Å². The van der Waals surface area contributed by atoms with Gasteiger partial charge in [-0.15, -0.1) is 0 Å². The summed E-state index contributed by atoms with van der Waals surface area (Å²) < 4.78 is 0. The Bertz CT molecular complexity index is 613. The molecule has 0 amide bonds. The summed E-state index contributed by atoms with van der Waals surface area (Å²) in [7, 11) is 0. The lowest BCUT2D eigenvalue weighted by atomic mass is 10.2. The van der Waals surface area contributed by atoms with E-state index >= 15 is 0 Å². The molecule has 0 aliphatic carbocycles. The highest BCUT2D eigenvalue weighted by Gasteiger charge is 1.72. The van der Waals surface area contributed by atoms with Crippen molar-refractivity contribution in [3.05, 3.63) is 71.8 Å². The minimum absolute atomic E-state index is 0.125. The van der Waals surface area contributed by atoms with Crippen LogP contribution in [0.2, 0.25) is 0 Å². The molecule has 6 N–H and O–H groups in total. The predicted molar refractivity (Wildman–Crippen MR) is 110 cm³/mol. The molecule has 0 heterocycles. The molecule has 0 spiro atoms. The number of nitrogens with one attached hydrogen (secondary N) is 4. The molecule has 10 nitrogen and oxygen atoms in total. The van der Waals surface area contributed by atoms with Crippen molar-refractivity contribution in [2.45, 2.75) is 13.8 Å². The average Bonchev–Trinajstić information content (AvgIpc) is 2.72. The predicted octanol–water partition coefficient (Wildman–Crippen LogP) is 2.56. The maximum Gasteiger partial charge on any atom is 0.231 e. The first kappa shape index (κ1) is 36.7. The fourth-order valence-corrected chi connectivity index (χ4v) is 1.07. The van der Waals surface area contributed by atoms with Gasteiger partial charge in [0.1, 0.15) is 0 Å². The Morgan fingerprint density at radius 2 is 0.733 bits per heavy atom. The van der Waals surface area contributed by atoms with E-state index in [1.54, 1.807) is 0 Å². The Kier molecular flexibility index (Phi) is 54.4. The molecule has 162 valence electrons. The van der Waals surface area contributed by atoms with Gasteiger partial charge in [-0.25, -0.2) is 40.8 Å². The van der Waals surface area contributed by atoms with Crippen LogP contribution in [-0.2, 0) is 19.2 Å². The third-order valence-electron chi connectivity index (χ3n) is 1.98. The maximum absolute atomic E-state index is 8.35. The minimum Gasteiger partial charge on any atom is -0.394 e. The van der Waals surface area contributed by atoms with Gasteiger partial charge >= 0.3 is 0 Å². The van der Waals surface area contributed by atoms with Crippen molar-refractivity contribution in [3.8, 4) is 0 Å². The summed E-state index contributed by atoms with van der Waals surface area (Å²) in [6, 6.07) is 20.5. The zero-order valence-electron chi connectivity index (χ0n) is 16.7. The van der Waals surface area contributed by atoms with E-state index in [1.165, 1.54) is 11.1 Å². The van der Waals surface area contributed by atoms with Crippen molar-refractivity contribution in [1.29, 1.82) is 21.6 Å². The Balaban J connectivity index is -0.0000000850. The lowest BCUT2D eigenvalue weighted by Crippen LogP contribution is -1.85. The van der Waals surface area contributed by atoms with E-state index in [-0.39, 0.29) is 13.2 Å². The number of hydrogen-bond acceptors (Lipinski definition) is 10. The van der Waals surface area contributed by atoms with Crippen LogP contribution in [-0.4, -0.2) is 47.7 Å². The number of carbonyl (C=O) groups excluding carboxylic acids is 4. The Labute approximate surface area is 174 Å². The number of aliphatic hydroxyl groups is 2. The number of rotatable bonds is 1. The van der Waals surface area contributed by atoms with Crippen LogP contribution >= 0.6 is 0 Å². The summed E-state index contributed by atoms with van der Waals surface area (Å²) in [5.41, 5.74) is 2.64. The van der Waals surface area contributed by atoms with Crippen LogP contribution in [0.3, 0.4) is 0 Å². The van der Waals surface area contributed by atoms with Crippen LogP contribution in [0.1, 0.15) is 11.1 Å². The molecule has 2 aromatic carbocycles. The Morgan fingerprint density at radius 3 is 0.800 bits per heavy atom. The summed E-state index contributed by atoms with van der Waals surface area (Å²) in [5.74, 6) is 0. The second-order valence-corrected chi connectivity index (χ2v) is 4.16. The van der Waals surface area contributed by atoms with Crippen LogP contribution in [0, 0.1) is 35.5 Å². The number of hydrogen-bond donors (Lipinski definition) is 6. The molecule has 10 heteroatoms. The van der Waals surface area contributed by atoms with Crippen LogP contribution in [0.25, 0.3) is 0 Å². The smallest absolute Gasteiger partial charge is 0.231 e. The van der Waals surface area contributed by atoms with Gasteiger partial charge in [-0.2, -0.15) is 0 Å². The molecular weight excluding hydrogens is 392 g/mol.